The zero-order valence-electron chi connectivity index (χ0n) is 13.0. The topological polar surface area (TPSA) is 50.1 Å². The molecule has 0 radical (unpaired) electrons. The van der Waals surface area contributed by atoms with Crippen molar-refractivity contribution in [3.63, 3.8) is 0 Å². The average Bonchev–Trinajstić information content (AvgIpc) is 2.56. The smallest absolute Gasteiger partial charge is 0.0208 e. The molecule has 1 heterocycles. The highest BCUT2D eigenvalue weighted by atomic mass is 14.9. The Kier molecular flexibility index (Phi) is 4.94. The van der Waals surface area contributed by atoms with E-state index in [1.54, 1.807) is 0 Å². The second-order valence-electron chi connectivity index (χ2n) is 6.93. The van der Waals surface area contributed by atoms with Gasteiger partial charge in [-0.25, -0.2) is 0 Å². The van der Waals surface area contributed by atoms with Crippen LogP contribution in [0.2, 0.25) is 0 Å². The Labute approximate surface area is 128 Å². The van der Waals surface area contributed by atoms with E-state index in [0.717, 1.165) is 6.54 Å². The van der Waals surface area contributed by atoms with Crippen molar-refractivity contribution in [3.05, 3.63) is 35.4 Å². The van der Waals surface area contributed by atoms with Gasteiger partial charge in [-0.05, 0) is 68.2 Å². The van der Waals surface area contributed by atoms with E-state index in [9.17, 15) is 0 Å². The van der Waals surface area contributed by atoms with Crippen LogP contribution in [0.4, 0.5) is 0 Å². The molecule has 2 aliphatic rings. The molecule has 0 atom stereocenters. The van der Waals surface area contributed by atoms with Crippen LogP contribution in [-0.4, -0.2) is 19.1 Å². The quantitative estimate of drug-likeness (QED) is 0.797. The summed E-state index contributed by atoms with van der Waals surface area (Å²) >= 11 is 0. The number of nitrogens with one attached hydrogen (secondary N) is 2. The first-order valence-corrected chi connectivity index (χ1v) is 8.52. The van der Waals surface area contributed by atoms with Gasteiger partial charge in [-0.2, -0.15) is 0 Å². The van der Waals surface area contributed by atoms with Gasteiger partial charge in [0.05, 0.1) is 0 Å². The van der Waals surface area contributed by atoms with Gasteiger partial charge in [0.25, 0.3) is 0 Å². The average molecular weight is 287 g/mol. The molecule has 1 aromatic rings. The Morgan fingerprint density at radius 2 is 1.62 bits per heavy atom. The molecule has 116 valence electrons. The predicted octanol–water partition coefficient (Wildman–Crippen LogP) is 2.55. The molecule has 21 heavy (non-hydrogen) atoms. The molecule has 1 aliphatic carbocycles. The van der Waals surface area contributed by atoms with Gasteiger partial charge >= 0.3 is 0 Å². The Morgan fingerprint density at radius 1 is 1.00 bits per heavy atom. The Hall–Kier alpha value is -0.900. The molecular formula is C18H29N3. The molecule has 1 spiro atoms. The van der Waals surface area contributed by atoms with Gasteiger partial charge < -0.3 is 16.4 Å². The largest absolute Gasteiger partial charge is 0.326 e. The highest BCUT2D eigenvalue weighted by molar-refractivity contribution is 5.22. The molecule has 4 N–H and O–H groups in total. The second-order valence-corrected chi connectivity index (χ2v) is 6.93. The first-order chi connectivity index (χ1) is 10.3. The first-order valence-electron chi connectivity index (χ1n) is 8.52. The normalized spacial score (nSPS) is 22.5. The summed E-state index contributed by atoms with van der Waals surface area (Å²) in [5.41, 5.74) is 8.89. The minimum Gasteiger partial charge on any atom is -0.326 e. The lowest BCUT2D eigenvalue weighted by Crippen LogP contribution is -2.42. The Morgan fingerprint density at radius 3 is 2.24 bits per heavy atom. The van der Waals surface area contributed by atoms with Gasteiger partial charge in [0.15, 0.2) is 0 Å². The van der Waals surface area contributed by atoms with Crippen LogP contribution in [-0.2, 0) is 13.1 Å². The van der Waals surface area contributed by atoms with Crippen molar-refractivity contribution in [1.29, 1.82) is 0 Å². The minimum absolute atomic E-state index is 0.632. The van der Waals surface area contributed by atoms with Crippen LogP contribution >= 0.6 is 0 Å². The third kappa shape index (κ3) is 3.85. The Bertz CT molecular complexity index is 424. The van der Waals surface area contributed by atoms with Crippen LogP contribution in [0.25, 0.3) is 0 Å². The van der Waals surface area contributed by atoms with Gasteiger partial charge in [0, 0.05) is 19.1 Å². The van der Waals surface area contributed by atoms with E-state index in [4.69, 9.17) is 5.73 Å². The number of rotatable bonds is 4. The highest BCUT2D eigenvalue weighted by Crippen LogP contribution is 2.43. The molecule has 0 unspecified atom stereocenters. The summed E-state index contributed by atoms with van der Waals surface area (Å²) in [7, 11) is 0. The predicted molar refractivity (Wildman–Crippen MR) is 88.0 cm³/mol. The lowest BCUT2D eigenvalue weighted by atomic mass is 9.67. The molecule has 1 saturated heterocycles. The number of nitrogens with two attached hydrogens (primary N) is 1. The molecule has 0 aromatic heterocycles. The van der Waals surface area contributed by atoms with Crippen molar-refractivity contribution in [2.24, 2.45) is 11.1 Å². The highest BCUT2D eigenvalue weighted by Gasteiger charge is 2.35. The van der Waals surface area contributed by atoms with Gasteiger partial charge in [-0.15, -0.1) is 0 Å². The number of hydrogen-bond donors (Lipinski definition) is 3. The van der Waals surface area contributed by atoms with E-state index in [1.165, 1.54) is 62.7 Å². The van der Waals surface area contributed by atoms with Crippen LogP contribution in [0.3, 0.4) is 0 Å². The third-order valence-electron chi connectivity index (χ3n) is 5.56. The molecular weight excluding hydrogens is 258 g/mol. The fourth-order valence-electron chi connectivity index (χ4n) is 3.95. The van der Waals surface area contributed by atoms with Crippen LogP contribution in [0.5, 0.6) is 0 Å². The Balaban J connectivity index is 1.44. The lowest BCUT2D eigenvalue weighted by Gasteiger charge is -2.43. The van der Waals surface area contributed by atoms with Crippen molar-refractivity contribution in [1.82, 2.24) is 10.6 Å². The van der Waals surface area contributed by atoms with Gasteiger partial charge in [0.1, 0.15) is 0 Å². The molecule has 1 aliphatic heterocycles. The molecule has 3 rings (SSSR count). The van der Waals surface area contributed by atoms with Gasteiger partial charge in [-0.3, -0.25) is 0 Å². The monoisotopic (exact) mass is 287 g/mol. The summed E-state index contributed by atoms with van der Waals surface area (Å²) < 4.78 is 0. The summed E-state index contributed by atoms with van der Waals surface area (Å²) in [6.07, 6.45) is 8.30. The molecule has 3 heteroatoms. The van der Waals surface area contributed by atoms with Crippen LogP contribution in [0, 0.1) is 5.41 Å². The van der Waals surface area contributed by atoms with E-state index in [1.807, 2.05) is 0 Å². The van der Waals surface area contributed by atoms with Crippen molar-refractivity contribution in [3.8, 4) is 0 Å². The van der Waals surface area contributed by atoms with E-state index in [2.05, 4.69) is 34.9 Å². The summed E-state index contributed by atoms with van der Waals surface area (Å²) in [6, 6.07) is 9.39. The lowest BCUT2D eigenvalue weighted by molar-refractivity contribution is 0.115. The van der Waals surface area contributed by atoms with Crippen molar-refractivity contribution in [2.45, 2.75) is 57.7 Å². The fraction of sp³-hybridized carbons (Fsp3) is 0.667. The van der Waals surface area contributed by atoms with Crippen LogP contribution < -0.4 is 16.4 Å². The van der Waals surface area contributed by atoms with Gasteiger partial charge in [-0.1, -0.05) is 24.3 Å². The fourth-order valence-corrected chi connectivity index (χ4v) is 3.95. The van der Waals surface area contributed by atoms with Gasteiger partial charge in [0.2, 0.25) is 0 Å². The number of hydrogen-bond acceptors (Lipinski definition) is 3. The first kappa shape index (κ1) is 15.0. The molecule has 2 fully saturated rings. The molecule has 3 nitrogen and oxygen atoms in total. The summed E-state index contributed by atoms with van der Waals surface area (Å²) in [5, 5.41) is 7.25. The maximum atomic E-state index is 5.64. The van der Waals surface area contributed by atoms with E-state index in [0.29, 0.717) is 18.0 Å². The molecule has 0 bridgehead atoms. The summed E-state index contributed by atoms with van der Waals surface area (Å²) in [4.78, 5) is 0. The summed E-state index contributed by atoms with van der Waals surface area (Å²) in [5.74, 6) is 0. The van der Waals surface area contributed by atoms with E-state index in [-0.39, 0.29) is 0 Å². The maximum absolute atomic E-state index is 5.64. The van der Waals surface area contributed by atoms with Crippen LogP contribution in [0.1, 0.15) is 49.7 Å². The molecule has 1 aromatic carbocycles. The maximum Gasteiger partial charge on any atom is 0.0208 e. The zero-order valence-corrected chi connectivity index (χ0v) is 13.0. The van der Waals surface area contributed by atoms with Crippen molar-refractivity contribution in [2.75, 3.05) is 13.1 Å². The second kappa shape index (κ2) is 6.91. The van der Waals surface area contributed by atoms with E-state index < -0.39 is 0 Å². The summed E-state index contributed by atoms with van der Waals surface area (Å²) in [6.45, 7) is 4.08. The molecule has 0 amide bonds. The number of piperidine rings is 1. The molecule has 1 saturated carbocycles. The zero-order chi connectivity index (χ0) is 14.5. The van der Waals surface area contributed by atoms with Crippen molar-refractivity contribution >= 4 is 0 Å². The third-order valence-corrected chi connectivity index (χ3v) is 5.56. The van der Waals surface area contributed by atoms with Crippen molar-refractivity contribution < 1.29 is 0 Å². The van der Waals surface area contributed by atoms with Crippen LogP contribution in [0.15, 0.2) is 24.3 Å². The standard InChI is InChI=1S/C18H29N3/c19-13-15-1-3-16(4-2-15)14-21-17-5-7-18(8-6-17)9-11-20-12-10-18/h1-4,17,20-21H,5-14,19H2. The minimum atomic E-state index is 0.632. The van der Waals surface area contributed by atoms with E-state index >= 15 is 0 Å². The SMILES string of the molecule is NCc1ccc(CNC2CCC3(CCNCC3)CC2)cc1. The number of benzene rings is 1.